The lowest BCUT2D eigenvalue weighted by Crippen LogP contribution is -1.94. The Balaban J connectivity index is 0.946. The number of aromatic nitrogens is 2. The number of rotatable bonds is 5. The van der Waals surface area contributed by atoms with Gasteiger partial charge < -0.3 is 0 Å². The quantitative estimate of drug-likeness (QED) is 0.161. The summed E-state index contributed by atoms with van der Waals surface area (Å²) in [5.41, 5.74) is 11.9. The molecule has 0 atom stereocenters. The van der Waals surface area contributed by atoms with Crippen molar-refractivity contribution >= 4 is 108 Å². The number of para-hydroxylation sites is 2. The van der Waals surface area contributed by atoms with Crippen molar-refractivity contribution in [3.63, 3.8) is 0 Å². The van der Waals surface area contributed by atoms with Gasteiger partial charge in [-0.2, -0.15) is 0 Å². The summed E-state index contributed by atoms with van der Waals surface area (Å²) in [6, 6.07) is 80.4. The van der Waals surface area contributed by atoms with Crippen molar-refractivity contribution in [1.82, 2.24) is 9.97 Å². The zero-order valence-electron chi connectivity index (χ0n) is 35.5. The van der Waals surface area contributed by atoms with Gasteiger partial charge in [0.25, 0.3) is 0 Å². The van der Waals surface area contributed by atoms with Gasteiger partial charge >= 0.3 is 0 Å². The molecular formula is C62H36N2S2. The topological polar surface area (TPSA) is 25.8 Å². The lowest BCUT2D eigenvalue weighted by Gasteiger charge is -2.22. The van der Waals surface area contributed by atoms with Gasteiger partial charge in [-0.3, -0.25) is 0 Å². The van der Waals surface area contributed by atoms with Gasteiger partial charge in [-0.25, -0.2) is 9.97 Å². The predicted molar refractivity (Wildman–Crippen MR) is 285 cm³/mol. The van der Waals surface area contributed by atoms with Crippen LogP contribution in [0, 0.1) is 0 Å². The number of fused-ring (bicyclic) bond motifs is 8. The summed E-state index contributed by atoms with van der Waals surface area (Å²) in [7, 11) is 0. The Kier molecular flexibility index (Phi) is 8.36. The summed E-state index contributed by atoms with van der Waals surface area (Å²) in [6.07, 6.45) is 0. The van der Waals surface area contributed by atoms with Crippen LogP contribution in [0.3, 0.4) is 0 Å². The third-order valence-corrected chi connectivity index (χ3v) is 15.6. The average molecular weight is 873 g/mol. The van der Waals surface area contributed by atoms with Crippen molar-refractivity contribution in [2.45, 2.75) is 0 Å². The van der Waals surface area contributed by atoms with Crippen LogP contribution in [0.1, 0.15) is 0 Å². The first-order valence-corrected chi connectivity index (χ1v) is 24.0. The SMILES string of the molecule is c1ccc2sc(-c3ccc4cc(-c5c6ccccc6c(-c6c7ccccc7c(-c7ccc8cc(-c9nc%10ccccc%10s9)ccc8c7)c7ccccc67)c6ccccc56)ccc4c3)nc2c1. The zero-order valence-corrected chi connectivity index (χ0v) is 37.1. The van der Waals surface area contributed by atoms with Gasteiger partial charge in [0.1, 0.15) is 10.0 Å². The molecule has 306 valence electrons. The van der Waals surface area contributed by atoms with Crippen LogP contribution in [0.4, 0.5) is 0 Å². The van der Waals surface area contributed by atoms with E-state index in [4.69, 9.17) is 9.97 Å². The first-order chi connectivity index (χ1) is 32.7. The fourth-order valence-corrected chi connectivity index (χ4v) is 12.4. The number of nitrogens with zero attached hydrogens (tertiary/aromatic N) is 2. The van der Waals surface area contributed by atoms with E-state index >= 15 is 0 Å². The first kappa shape index (κ1) is 37.4. The highest BCUT2D eigenvalue weighted by atomic mass is 32.1. The van der Waals surface area contributed by atoms with Crippen molar-refractivity contribution in [3.8, 4) is 54.5 Å². The molecule has 4 heteroatoms. The molecule has 14 rings (SSSR count). The van der Waals surface area contributed by atoms with Crippen molar-refractivity contribution in [2.24, 2.45) is 0 Å². The van der Waals surface area contributed by atoms with E-state index < -0.39 is 0 Å². The van der Waals surface area contributed by atoms with E-state index in [1.165, 1.54) is 107 Å². The molecule has 0 saturated carbocycles. The largest absolute Gasteiger partial charge is 0.236 e. The van der Waals surface area contributed by atoms with Crippen LogP contribution >= 0.6 is 22.7 Å². The lowest BCUT2D eigenvalue weighted by atomic mass is 9.81. The van der Waals surface area contributed by atoms with Crippen LogP contribution in [0.2, 0.25) is 0 Å². The molecule has 0 fully saturated rings. The van der Waals surface area contributed by atoms with Crippen molar-refractivity contribution in [1.29, 1.82) is 0 Å². The van der Waals surface area contributed by atoms with E-state index in [0.29, 0.717) is 0 Å². The summed E-state index contributed by atoms with van der Waals surface area (Å²) in [6.45, 7) is 0. The Morgan fingerprint density at radius 3 is 0.848 bits per heavy atom. The smallest absolute Gasteiger partial charge is 0.124 e. The molecule has 0 radical (unpaired) electrons. The van der Waals surface area contributed by atoms with E-state index in [9.17, 15) is 0 Å². The highest BCUT2D eigenvalue weighted by molar-refractivity contribution is 7.22. The van der Waals surface area contributed by atoms with E-state index in [1.807, 2.05) is 0 Å². The molecule has 14 aromatic rings. The number of hydrogen-bond donors (Lipinski definition) is 0. The Bertz CT molecular complexity index is 3850. The van der Waals surface area contributed by atoms with E-state index in [0.717, 1.165) is 32.2 Å². The Morgan fingerprint density at radius 1 is 0.242 bits per heavy atom. The maximum atomic E-state index is 4.96. The molecule has 0 bridgehead atoms. The van der Waals surface area contributed by atoms with Gasteiger partial charge in [-0.05, 0) is 147 Å². The van der Waals surface area contributed by atoms with Crippen LogP contribution in [-0.2, 0) is 0 Å². The first-order valence-electron chi connectivity index (χ1n) is 22.4. The molecule has 0 saturated heterocycles. The Labute approximate surface area is 388 Å². The van der Waals surface area contributed by atoms with Crippen LogP contribution < -0.4 is 0 Å². The fourth-order valence-electron chi connectivity index (χ4n) is 10.5. The minimum atomic E-state index is 1.05. The van der Waals surface area contributed by atoms with Gasteiger partial charge in [0.05, 0.1) is 20.4 Å². The average Bonchev–Trinajstić information content (AvgIpc) is 4.02. The molecule has 0 aliphatic heterocycles. The third kappa shape index (κ3) is 5.86. The molecular weight excluding hydrogens is 837 g/mol. The van der Waals surface area contributed by atoms with E-state index in [1.54, 1.807) is 22.7 Å². The minimum Gasteiger partial charge on any atom is -0.236 e. The second-order valence-corrected chi connectivity index (χ2v) is 19.3. The van der Waals surface area contributed by atoms with Crippen molar-refractivity contribution < 1.29 is 0 Å². The maximum absolute atomic E-state index is 4.96. The molecule has 0 unspecified atom stereocenters. The van der Waals surface area contributed by atoms with Gasteiger partial charge in [0.15, 0.2) is 0 Å². The van der Waals surface area contributed by atoms with E-state index in [2.05, 4.69) is 218 Å². The normalized spacial score (nSPS) is 11.9. The summed E-state index contributed by atoms with van der Waals surface area (Å²) in [4.78, 5) is 9.92. The number of thiazole rings is 2. The van der Waals surface area contributed by atoms with Gasteiger partial charge in [0.2, 0.25) is 0 Å². The van der Waals surface area contributed by atoms with Gasteiger partial charge in [0, 0.05) is 11.1 Å². The molecule has 0 N–H and O–H groups in total. The predicted octanol–water partition coefficient (Wildman–Crippen LogP) is 18.2. The van der Waals surface area contributed by atoms with Crippen LogP contribution in [0.25, 0.3) is 140 Å². The maximum Gasteiger partial charge on any atom is 0.124 e. The third-order valence-electron chi connectivity index (χ3n) is 13.5. The molecule has 0 spiro atoms. The molecule has 2 nitrogen and oxygen atoms in total. The molecule has 66 heavy (non-hydrogen) atoms. The van der Waals surface area contributed by atoms with Crippen molar-refractivity contribution in [2.75, 3.05) is 0 Å². The molecule has 12 aromatic carbocycles. The minimum absolute atomic E-state index is 1.05. The second kappa shape index (κ2) is 14.8. The fraction of sp³-hybridized carbons (Fsp3) is 0. The molecule has 0 aliphatic carbocycles. The van der Waals surface area contributed by atoms with Gasteiger partial charge in [-0.1, -0.05) is 170 Å². The summed E-state index contributed by atoms with van der Waals surface area (Å²) < 4.78 is 2.42. The molecule has 0 amide bonds. The Morgan fingerprint density at radius 2 is 0.515 bits per heavy atom. The standard InChI is InChI=1S/C62H36N2S2/c1-5-17-49-45(13-1)57(41-29-25-39-35-43(31-27-37(39)33-41)61-63-53-21-9-11-23-55(53)65-61)46-14-2-6-18-50(46)59(49)60-51-19-7-3-15-47(51)58(48-16-4-8-20-52(48)60)42-30-26-40-36-44(32-28-38(40)34-42)62-64-54-22-10-12-24-56(54)66-62/h1-36H. The van der Waals surface area contributed by atoms with Crippen molar-refractivity contribution in [3.05, 3.63) is 218 Å². The van der Waals surface area contributed by atoms with Crippen LogP contribution in [0.5, 0.6) is 0 Å². The monoisotopic (exact) mass is 872 g/mol. The van der Waals surface area contributed by atoms with E-state index in [-0.39, 0.29) is 0 Å². The summed E-state index contributed by atoms with van der Waals surface area (Å²) in [5.74, 6) is 0. The summed E-state index contributed by atoms with van der Waals surface area (Å²) in [5, 5.41) is 16.9. The highest BCUT2D eigenvalue weighted by Crippen LogP contribution is 2.50. The van der Waals surface area contributed by atoms with Crippen LogP contribution in [0.15, 0.2) is 218 Å². The number of hydrogen-bond acceptors (Lipinski definition) is 4. The molecule has 0 aliphatic rings. The lowest BCUT2D eigenvalue weighted by molar-refractivity contribution is 1.48. The molecule has 2 aromatic heterocycles. The van der Waals surface area contributed by atoms with Gasteiger partial charge in [-0.15, -0.1) is 22.7 Å². The molecule has 2 heterocycles. The number of benzene rings is 12. The zero-order chi connectivity index (χ0) is 43.3. The Hall–Kier alpha value is -8.02. The van der Waals surface area contributed by atoms with Crippen LogP contribution in [-0.4, -0.2) is 9.97 Å². The summed E-state index contributed by atoms with van der Waals surface area (Å²) >= 11 is 3.50. The highest BCUT2D eigenvalue weighted by Gasteiger charge is 2.23. The second-order valence-electron chi connectivity index (χ2n) is 17.2.